The van der Waals surface area contributed by atoms with Crippen molar-refractivity contribution in [3.63, 3.8) is 0 Å². The van der Waals surface area contributed by atoms with Gasteiger partial charge in [-0.1, -0.05) is 42.8 Å². The molecular weight excluding hydrogens is 481 g/mol. The molecule has 8 heteroatoms. The van der Waals surface area contributed by atoms with Crippen LogP contribution in [0.4, 0.5) is 10.2 Å². The van der Waals surface area contributed by atoms with Gasteiger partial charge in [0.1, 0.15) is 18.2 Å². The maximum Gasteiger partial charge on any atom is 0.276 e. The maximum absolute atomic E-state index is 14.6. The summed E-state index contributed by atoms with van der Waals surface area (Å²) in [7, 11) is 0. The molecule has 1 saturated heterocycles. The van der Waals surface area contributed by atoms with Gasteiger partial charge in [0.25, 0.3) is 5.91 Å². The number of hydrogen-bond acceptors (Lipinski definition) is 6. The zero-order valence-electron chi connectivity index (χ0n) is 21.8. The third-order valence-corrected chi connectivity index (χ3v) is 7.99. The number of anilines is 1. The van der Waals surface area contributed by atoms with Crippen molar-refractivity contribution < 1.29 is 13.9 Å². The number of hydrogen-bond donors (Lipinski definition) is 1. The zero-order chi connectivity index (χ0) is 26.4. The predicted octanol–water partition coefficient (Wildman–Crippen LogP) is 4.73. The van der Waals surface area contributed by atoms with E-state index in [1.807, 2.05) is 29.2 Å². The molecule has 1 aromatic heterocycles. The lowest BCUT2D eigenvalue weighted by Gasteiger charge is -2.45. The molecule has 0 unspecified atom stereocenters. The summed E-state index contributed by atoms with van der Waals surface area (Å²) in [4.78, 5) is 25.5. The van der Waals surface area contributed by atoms with Crippen molar-refractivity contribution in [1.29, 1.82) is 0 Å². The number of para-hydroxylation sites is 1. The minimum atomic E-state index is -0.180. The van der Waals surface area contributed by atoms with Crippen molar-refractivity contribution in [1.82, 2.24) is 19.8 Å². The van der Waals surface area contributed by atoms with E-state index in [1.54, 1.807) is 6.07 Å². The standard InChI is InChI=1S/C30H36FN5O2/c31-25-10-3-1-9-24(25)21-35-19-20-38-26-11-4-2-7-23(26)8-5-6-12-30(22-35)13-17-36(18-14-30)29(37)27-28(32)34-16-15-33-27/h1-4,7,9-11,15-16H,5-6,8,12-14,17-22H2,(H2,32,34). The Bertz CT molecular complexity index is 1240. The molecule has 3 aromatic rings. The number of benzene rings is 2. The van der Waals surface area contributed by atoms with Crippen LogP contribution in [0.2, 0.25) is 0 Å². The Morgan fingerprint density at radius 1 is 0.974 bits per heavy atom. The first-order valence-electron chi connectivity index (χ1n) is 13.6. The van der Waals surface area contributed by atoms with Crippen LogP contribution in [0.5, 0.6) is 5.75 Å². The van der Waals surface area contributed by atoms with Gasteiger partial charge in [-0.3, -0.25) is 9.69 Å². The van der Waals surface area contributed by atoms with Gasteiger partial charge in [0, 0.05) is 50.7 Å². The molecule has 1 spiro atoms. The number of fused-ring (bicyclic) bond motifs is 1. The number of aryl methyl sites for hydroxylation is 1. The van der Waals surface area contributed by atoms with Gasteiger partial charge in [0.15, 0.2) is 11.5 Å². The van der Waals surface area contributed by atoms with Crippen molar-refractivity contribution in [2.75, 3.05) is 38.5 Å². The fraction of sp³-hybridized carbons (Fsp3) is 0.433. The minimum absolute atomic E-state index is 0.0364. The predicted molar refractivity (Wildman–Crippen MR) is 145 cm³/mol. The maximum atomic E-state index is 14.6. The van der Waals surface area contributed by atoms with E-state index in [4.69, 9.17) is 10.5 Å². The monoisotopic (exact) mass is 517 g/mol. The van der Waals surface area contributed by atoms with Crippen LogP contribution in [-0.2, 0) is 13.0 Å². The van der Waals surface area contributed by atoms with Crippen LogP contribution in [0.15, 0.2) is 60.9 Å². The van der Waals surface area contributed by atoms with Gasteiger partial charge in [0.2, 0.25) is 0 Å². The number of carbonyl (C=O) groups is 1. The number of amides is 1. The Labute approximate surface area is 223 Å². The molecule has 2 N–H and O–H groups in total. The molecule has 0 aliphatic carbocycles. The van der Waals surface area contributed by atoms with E-state index in [0.29, 0.717) is 38.3 Å². The number of rotatable bonds is 3. The summed E-state index contributed by atoms with van der Waals surface area (Å²) in [5.41, 5.74) is 8.12. The number of carbonyl (C=O) groups excluding carboxylic acids is 1. The first-order valence-corrected chi connectivity index (χ1v) is 13.6. The van der Waals surface area contributed by atoms with Crippen LogP contribution < -0.4 is 10.5 Å². The van der Waals surface area contributed by atoms with Gasteiger partial charge < -0.3 is 15.4 Å². The zero-order valence-corrected chi connectivity index (χ0v) is 21.8. The van der Waals surface area contributed by atoms with Crippen LogP contribution in [0, 0.1) is 11.2 Å². The lowest BCUT2D eigenvalue weighted by Crippen LogP contribution is -2.48. The van der Waals surface area contributed by atoms with E-state index >= 15 is 0 Å². The molecule has 5 rings (SSSR count). The summed E-state index contributed by atoms with van der Waals surface area (Å²) in [6.45, 7) is 3.88. The number of nitrogens with two attached hydrogens (primary N) is 1. The smallest absolute Gasteiger partial charge is 0.276 e. The highest BCUT2D eigenvalue weighted by Crippen LogP contribution is 2.39. The SMILES string of the molecule is Nc1nccnc1C(=O)N1CCC2(CCCCc3ccccc3OCCN(Cc3ccccc3F)C2)CC1. The van der Waals surface area contributed by atoms with Gasteiger partial charge >= 0.3 is 0 Å². The molecule has 0 saturated carbocycles. The van der Waals surface area contributed by atoms with Crippen LogP contribution >= 0.6 is 0 Å². The van der Waals surface area contributed by atoms with E-state index in [0.717, 1.165) is 50.8 Å². The van der Waals surface area contributed by atoms with Crippen molar-refractivity contribution >= 4 is 11.7 Å². The lowest BCUT2D eigenvalue weighted by molar-refractivity contribution is 0.0356. The van der Waals surface area contributed by atoms with E-state index in [-0.39, 0.29) is 28.7 Å². The Morgan fingerprint density at radius 2 is 1.74 bits per heavy atom. The van der Waals surface area contributed by atoms with Gasteiger partial charge in [-0.15, -0.1) is 0 Å². The average Bonchev–Trinajstić information content (AvgIpc) is 2.93. The Hall–Kier alpha value is -3.52. The highest BCUT2D eigenvalue weighted by atomic mass is 19.1. The molecule has 2 aliphatic rings. The average molecular weight is 518 g/mol. The number of likely N-dealkylation sites (tertiary alicyclic amines) is 1. The highest BCUT2D eigenvalue weighted by Gasteiger charge is 2.38. The van der Waals surface area contributed by atoms with Crippen molar-refractivity contribution in [2.24, 2.45) is 5.41 Å². The normalized spacial score (nSPS) is 18.6. The van der Waals surface area contributed by atoms with Crippen molar-refractivity contribution in [3.8, 4) is 5.75 Å². The summed E-state index contributed by atoms with van der Waals surface area (Å²) >= 11 is 0. The summed E-state index contributed by atoms with van der Waals surface area (Å²) in [6.07, 6.45) is 8.98. The topological polar surface area (TPSA) is 84.6 Å². The fourth-order valence-electron chi connectivity index (χ4n) is 5.84. The summed E-state index contributed by atoms with van der Waals surface area (Å²) < 4.78 is 20.9. The molecular formula is C30H36FN5O2. The Kier molecular flexibility index (Phi) is 8.17. The Morgan fingerprint density at radius 3 is 2.55 bits per heavy atom. The number of aromatic nitrogens is 2. The van der Waals surface area contributed by atoms with Gasteiger partial charge in [0.05, 0.1) is 0 Å². The van der Waals surface area contributed by atoms with Gasteiger partial charge in [-0.05, 0) is 55.2 Å². The van der Waals surface area contributed by atoms with Crippen LogP contribution in [0.25, 0.3) is 0 Å². The molecule has 0 atom stereocenters. The van der Waals surface area contributed by atoms with Crippen LogP contribution in [0.3, 0.4) is 0 Å². The summed E-state index contributed by atoms with van der Waals surface area (Å²) in [5.74, 6) is 0.775. The number of piperidine rings is 1. The second-order valence-electron chi connectivity index (χ2n) is 10.5. The molecule has 2 aromatic carbocycles. The van der Waals surface area contributed by atoms with Gasteiger partial charge in [-0.2, -0.15) is 0 Å². The molecule has 38 heavy (non-hydrogen) atoms. The molecule has 1 fully saturated rings. The molecule has 0 bridgehead atoms. The van der Waals surface area contributed by atoms with Crippen molar-refractivity contribution in [3.05, 3.63) is 83.6 Å². The molecule has 1 amide bonds. The van der Waals surface area contributed by atoms with Crippen molar-refractivity contribution in [2.45, 2.75) is 45.1 Å². The first kappa shape index (κ1) is 26.1. The third kappa shape index (κ3) is 6.13. The molecule has 2 aliphatic heterocycles. The van der Waals surface area contributed by atoms with E-state index in [2.05, 4.69) is 27.0 Å². The number of nitrogen functional groups attached to an aromatic ring is 1. The quantitative estimate of drug-likeness (QED) is 0.541. The molecule has 200 valence electrons. The second-order valence-corrected chi connectivity index (χ2v) is 10.5. The van der Waals surface area contributed by atoms with Crippen LogP contribution in [-0.4, -0.2) is 58.5 Å². The first-order chi connectivity index (χ1) is 18.5. The van der Waals surface area contributed by atoms with E-state index in [9.17, 15) is 9.18 Å². The summed E-state index contributed by atoms with van der Waals surface area (Å²) in [6, 6.07) is 15.3. The molecule has 3 heterocycles. The van der Waals surface area contributed by atoms with E-state index < -0.39 is 0 Å². The number of halogens is 1. The minimum Gasteiger partial charge on any atom is -0.492 e. The highest BCUT2D eigenvalue weighted by molar-refractivity contribution is 5.96. The van der Waals surface area contributed by atoms with E-state index in [1.165, 1.54) is 24.0 Å². The van der Waals surface area contributed by atoms with Crippen LogP contribution in [0.1, 0.15) is 53.7 Å². The summed E-state index contributed by atoms with van der Waals surface area (Å²) in [5, 5.41) is 0. The number of nitrogens with zero attached hydrogens (tertiary/aromatic N) is 4. The second kappa shape index (κ2) is 11.9. The molecule has 7 nitrogen and oxygen atoms in total. The lowest BCUT2D eigenvalue weighted by atomic mass is 9.73. The Balaban J connectivity index is 1.35. The van der Waals surface area contributed by atoms with Gasteiger partial charge in [-0.25, -0.2) is 14.4 Å². The number of ether oxygens (including phenoxy) is 1. The largest absolute Gasteiger partial charge is 0.492 e. The molecule has 0 radical (unpaired) electrons. The fourth-order valence-corrected chi connectivity index (χ4v) is 5.84. The third-order valence-electron chi connectivity index (χ3n) is 7.99.